The first-order valence-electron chi connectivity index (χ1n) is 9.26. The molecule has 0 aliphatic carbocycles. The van der Waals surface area contributed by atoms with Gasteiger partial charge in [0, 0.05) is 48.4 Å². The lowest BCUT2D eigenvalue weighted by Crippen LogP contribution is -2.52. The zero-order valence-electron chi connectivity index (χ0n) is 16.4. The number of nitrogens with zero attached hydrogens (tertiary/aromatic N) is 3. The molecule has 28 heavy (non-hydrogen) atoms. The van der Waals surface area contributed by atoms with Crippen molar-refractivity contribution < 1.29 is 14.1 Å². The number of piperazine rings is 1. The van der Waals surface area contributed by atoms with Crippen LogP contribution < -0.4 is 5.32 Å². The van der Waals surface area contributed by atoms with Crippen LogP contribution in [0.5, 0.6) is 0 Å². The average molecular weight is 405 g/mol. The Hall–Kier alpha value is -2.38. The third kappa shape index (κ3) is 5.33. The molecule has 1 aliphatic heterocycles. The lowest BCUT2D eigenvalue weighted by Gasteiger charge is -2.34. The Balaban J connectivity index is 1.54. The Morgan fingerprint density at radius 3 is 2.39 bits per heavy atom. The van der Waals surface area contributed by atoms with Gasteiger partial charge in [0.2, 0.25) is 5.91 Å². The Kier molecular flexibility index (Phi) is 6.05. The molecule has 0 bridgehead atoms. The SMILES string of the molecule is CC(C)(C)NC(=O)CN1CCN(C(=O)c2cc(-c3ccc(Cl)cc3)on2)CC1. The maximum absolute atomic E-state index is 12.7. The van der Waals surface area contributed by atoms with E-state index >= 15 is 0 Å². The molecule has 1 aliphatic rings. The van der Waals surface area contributed by atoms with Gasteiger partial charge in [0.05, 0.1) is 6.54 Å². The van der Waals surface area contributed by atoms with Crippen molar-refractivity contribution in [1.82, 2.24) is 20.3 Å². The number of amides is 2. The normalized spacial score (nSPS) is 15.5. The van der Waals surface area contributed by atoms with Crippen molar-refractivity contribution in [3.8, 4) is 11.3 Å². The van der Waals surface area contributed by atoms with Crippen LogP contribution in [0.1, 0.15) is 31.3 Å². The lowest BCUT2D eigenvalue weighted by atomic mass is 10.1. The smallest absolute Gasteiger partial charge is 0.276 e. The van der Waals surface area contributed by atoms with E-state index in [4.69, 9.17) is 16.1 Å². The molecular weight excluding hydrogens is 380 g/mol. The van der Waals surface area contributed by atoms with Gasteiger partial charge in [-0.05, 0) is 45.0 Å². The van der Waals surface area contributed by atoms with Crippen LogP contribution in [0.3, 0.4) is 0 Å². The topological polar surface area (TPSA) is 78.7 Å². The van der Waals surface area contributed by atoms with Crippen LogP contribution in [0.4, 0.5) is 0 Å². The summed E-state index contributed by atoms with van der Waals surface area (Å²) in [7, 11) is 0. The number of carbonyl (C=O) groups excluding carboxylic acids is 2. The minimum Gasteiger partial charge on any atom is -0.355 e. The molecule has 1 saturated heterocycles. The van der Waals surface area contributed by atoms with E-state index in [1.165, 1.54) is 0 Å². The van der Waals surface area contributed by atoms with E-state index in [1.54, 1.807) is 23.1 Å². The summed E-state index contributed by atoms with van der Waals surface area (Å²) in [6.07, 6.45) is 0. The predicted molar refractivity (Wildman–Crippen MR) is 107 cm³/mol. The second kappa shape index (κ2) is 8.32. The Labute approximate surface area is 169 Å². The second-order valence-corrected chi connectivity index (χ2v) is 8.39. The van der Waals surface area contributed by atoms with E-state index in [1.807, 2.05) is 37.8 Å². The van der Waals surface area contributed by atoms with Crippen LogP contribution in [0.25, 0.3) is 11.3 Å². The van der Waals surface area contributed by atoms with E-state index in [0.29, 0.717) is 43.5 Å². The van der Waals surface area contributed by atoms with Crippen molar-refractivity contribution in [1.29, 1.82) is 0 Å². The maximum Gasteiger partial charge on any atom is 0.276 e. The predicted octanol–water partition coefficient (Wildman–Crippen LogP) is 2.67. The fourth-order valence-electron chi connectivity index (χ4n) is 3.06. The summed E-state index contributed by atoms with van der Waals surface area (Å²) in [4.78, 5) is 28.5. The zero-order chi connectivity index (χ0) is 20.3. The van der Waals surface area contributed by atoms with Crippen LogP contribution in [0.2, 0.25) is 5.02 Å². The maximum atomic E-state index is 12.7. The molecule has 2 aromatic rings. The van der Waals surface area contributed by atoms with Gasteiger partial charge >= 0.3 is 0 Å². The zero-order valence-corrected chi connectivity index (χ0v) is 17.1. The number of carbonyl (C=O) groups is 2. The first-order chi connectivity index (χ1) is 13.2. The highest BCUT2D eigenvalue weighted by Crippen LogP contribution is 2.23. The van der Waals surface area contributed by atoms with Gasteiger partial charge in [-0.15, -0.1) is 0 Å². The molecule has 1 fully saturated rings. The van der Waals surface area contributed by atoms with Crippen molar-refractivity contribution in [3.05, 3.63) is 41.0 Å². The minimum absolute atomic E-state index is 0.00335. The summed E-state index contributed by atoms with van der Waals surface area (Å²) < 4.78 is 5.32. The van der Waals surface area contributed by atoms with Crippen molar-refractivity contribution in [3.63, 3.8) is 0 Å². The lowest BCUT2D eigenvalue weighted by molar-refractivity contribution is -0.124. The monoisotopic (exact) mass is 404 g/mol. The Bertz CT molecular complexity index is 834. The van der Waals surface area contributed by atoms with Gasteiger partial charge in [-0.1, -0.05) is 16.8 Å². The molecular formula is C20H25ClN4O3. The number of aromatic nitrogens is 1. The fraction of sp³-hybridized carbons (Fsp3) is 0.450. The summed E-state index contributed by atoms with van der Waals surface area (Å²) in [6.45, 7) is 8.59. The molecule has 1 aromatic carbocycles. The second-order valence-electron chi connectivity index (χ2n) is 7.95. The van der Waals surface area contributed by atoms with E-state index in [-0.39, 0.29) is 23.0 Å². The molecule has 3 rings (SSSR count). The number of benzene rings is 1. The third-order valence-corrected chi connectivity index (χ3v) is 4.65. The van der Waals surface area contributed by atoms with Gasteiger partial charge in [0.15, 0.2) is 11.5 Å². The summed E-state index contributed by atoms with van der Waals surface area (Å²) in [5.41, 5.74) is 0.846. The van der Waals surface area contributed by atoms with Gasteiger partial charge in [-0.25, -0.2) is 0 Å². The van der Waals surface area contributed by atoms with Gasteiger partial charge in [0.1, 0.15) is 0 Å². The molecule has 0 unspecified atom stereocenters. The minimum atomic E-state index is -0.246. The summed E-state index contributed by atoms with van der Waals surface area (Å²) in [6, 6.07) is 8.80. The van der Waals surface area contributed by atoms with Crippen LogP contribution >= 0.6 is 11.6 Å². The number of hydrogen-bond acceptors (Lipinski definition) is 5. The first kappa shape index (κ1) is 20.4. The molecule has 2 heterocycles. The van der Waals surface area contributed by atoms with Crippen LogP contribution in [-0.4, -0.2) is 65.0 Å². The Morgan fingerprint density at radius 1 is 1.14 bits per heavy atom. The first-order valence-corrected chi connectivity index (χ1v) is 9.64. The molecule has 150 valence electrons. The summed E-state index contributed by atoms with van der Waals surface area (Å²) >= 11 is 5.89. The van der Waals surface area contributed by atoms with Crippen molar-refractivity contribution in [2.75, 3.05) is 32.7 Å². The number of hydrogen-bond donors (Lipinski definition) is 1. The number of rotatable bonds is 4. The van der Waals surface area contributed by atoms with E-state index in [9.17, 15) is 9.59 Å². The quantitative estimate of drug-likeness (QED) is 0.847. The molecule has 7 nitrogen and oxygen atoms in total. The van der Waals surface area contributed by atoms with Gasteiger partial charge in [-0.2, -0.15) is 0 Å². The van der Waals surface area contributed by atoms with Crippen LogP contribution in [-0.2, 0) is 4.79 Å². The Morgan fingerprint density at radius 2 is 1.79 bits per heavy atom. The number of nitrogens with one attached hydrogen (secondary N) is 1. The van der Waals surface area contributed by atoms with E-state index < -0.39 is 0 Å². The average Bonchev–Trinajstić information content (AvgIpc) is 3.11. The van der Waals surface area contributed by atoms with Crippen molar-refractivity contribution >= 4 is 23.4 Å². The molecule has 0 spiro atoms. The molecule has 8 heteroatoms. The third-order valence-electron chi connectivity index (χ3n) is 4.40. The highest BCUT2D eigenvalue weighted by molar-refractivity contribution is 6.30. The standard InChI is InChI=1S/C20H25ClN4O3/c1-20(2,3)22-18(26)13-24-8-10-25(11-9-24)19(27)16-12-17(28-23-16)14-4-6-15(21)7-5-14/h4-7,12H,8-11,13H2,1-3H3,(H,22,26). The van der Waals surface area contributed by atoms with Gasteiger partial charge in [0.25, 0.3) is 5.91 Å². The molecule has 0 atom stereocenters. The van der Waals surface area contributed by atoms with Crippen molar-refractivity contribution in [2.24, 2.45) is 0 Å². The van der Waals surface area contributed by atoms with Crippen LogP contribution in [0.15, 0.2) is 34.9 Å². The molecule has 2 amide bonds. The summed E-state index contributed by atoms with van der Waals surface area (Å²) in [5.74, 6) is 0.358. The summed E-state index contributed by atoms with van der Waals surface area (Å²) in [5, 5.41) is 7.51. The van der Waals surface area contributed by atoms with Gasteiger partial charge < -0.3 is 14.7 Å². The van der Waals surface area contributed by atoms with E-state index in [2.05, 4.69) is 10.5 Å². The molecule has 1 N–H and O–H groups in total. The highest BCUT2D eigenvalue weighted by atomic mass is 35.5. The molecule has 0 radical (unpaired) electrons. The largest absolute Gasteiger partial charge is 0.355 e. The fourth-order valence-corrected chi connectivity index (χ4v) is 3.18. The van der Waals surface area contributed by atoms with Crippen molar-refractivity contribution in [2.45, 2.75) is 26.3 Å². The van der Waals surface area contributed by atoms with Gasteiger partial charge in [-0.3, -0.25) is 14.5 Å². The number of halogens is 1. The highest BCUT2D eigenvalue weighted by Gasteiger charge is 2.26. The van der Waals surface area contributed by atoms with Crippen LogP contribution in [0, 0.1) is 0 Å². The molecule has 1 aromatic heterocycles. The molecule has 0 saturated carbocycles. The van der Waals surface area contributed by atoms with E-state index in [0.717, 1.165) is 5.56 Å².